The van der Waals surface area contributed by atoms with E-state index in [1.165, 1.54) is 6.07 Å². The molecule has 0 unspecified atom stereocenters. The maximum atomic E-state index is 13.7. The minimum absolute atomic E-state index is 0.139. The van der Waals surface area contributed by atoms with Crippen molar-refractivity contribution in [1.82, 2.24) is 9.97 Å². The van der Waals surface area contributed by atoms with Crippen molar-refractivity contribution >= 4 is 11.6 Å². The largest absolute Gasteiger partial charge is 0.435 e. The Morgan fingerprint density at radius 1 is 1.26 bits per heavy atom. The van der Waals surface area contributed by atoms with E-state index >= 15 is 0 Å². The number of halogens is 2. The molecule has 3 nitrogen and oxygen atoms in total. The van der Waals surface area contributed by atoms with Crippen molar-refractivity contribution in [1.29, 1.82) is 0 Å². The molecule has 0 atom stereocenters. The Hall–Kier alpha value is -1.68. The molecule has 19 heavy (non-hydrogen) atoms. The Kier molecular flexibility index (Phi) is 4.00. The number of hydrogen-bond donors (Lipinski definition) is 0. The summed E-state index contributed by atoms with van der Waals surface area (Å²) in [6.45, 7) is 5.52. The Morgan fingerprint density at radius 3 is 2.68 bits per heavy atom. The summed E-state index contributed by atoms with van der Waals surface area (Å²) in [5.74, 6) is 0.567. The molecule has 0 saturated carbocycles. The van der Waals surface area contributed by atoms with Crippen molar-refractivity contribution in [2.45, 2.75) is 27.2 Å². The molecule has 1 aromatic carbocycles. The van der Waals surface area contributed by atoms with Gasteiger partial charge in [0, 0.05) is 12.0 Å². The van der Waals surface area contributed by atoms with E-state index in [9.17, 15) is 4.39 Å². The van der Waals surface area contributed by atoms with E-state index in [-0.39, 0.29) is 5.75 Å². The first-order valence-corrected chi connectivity index (χ1v) is 6.36. The number of benzene rings is 1. The number of hydrogen-bond acceptors (Lipinski definition) is 3. The average Bonchev–Trinajstić information content (AvgIpc) is 2.38. The van der Waals surface area contributed by atoms with Gasteiger partial charge in [-0.15, -0.1) is 0 Å². The summed E-state index contributed by atoms with van der Waals surface area (Å²) in [5.41, 5.74) is 1.50. The van der Waals surface area contributed by atoms with Crippen LogP contribution in [0.15, 0.2) is 18.2 Å². The number of aromatic nitrogens is 2. The molecule has 1 heterocycles. The second-order valence-electron chi connectivity index (χ2n) is 4.25. The van der Waals surface area contributed by atoms with Crippen molar-refractivity contribution < 1.29 is 9.13 Å². The molecule has 2 aromatic rings. The average molecular weight is 281 g/mol. The van der Waals surface area contributed by atoms with Gasteiger partial charge in [0.1, 0.15) is 11.0 Å². The van der Waals surface area contributed by atoms with Crippen LogP contribution in [0, 0.1) is 19.7 Å². The third-order valence-electron chi connectivity index (χ3n) is 2.70. The van der Waals surface area contributed by atoms with E-state index in [1.54, 1.807) is 19.1 Å². The standard InChI is InChI=1S/C14H14ClFN2O/c1-4-12-17-13(15)9(3)14(18-12)19-11-7-8(2)5-6-10(11)16/h5-7H,4H2,1-3H3. The van der Waals surface area contributed by atoms with Gasteiger partial charge in [-0.2, -0.15) is 4.98 Å². The minimum atomic E-state index is -0.433. The predicted molar refractivity (Wildman–Crippen MR) is 72.4 cm³/mol. The van der Waals surface area contributed by atoms with Crippen molar-refractivity contribution in [2.75, 3.05) is 0 Å². The van der Waals surface area contributed by atoms with Gasteiger partial charge in [-0.05, 0) is 31.5 Å². The fourth-order valence-corrected chi connectivity index (χ4v) is 1.74. The molecule has 0 bridgehead atoms. The molecule has 0 N–H and O–H groups in total. The number of rotatable bonds is 3. The summed E-state index contributed by atoms with van der Waals surface area (Å²) in [6.07, 6.45) is 0.632. The van der Waals surface area contributed by atoms with Crippen LogP contribution in [0.25, 0.3) is 0 Å². The molecule has 100 valence electrons. The van der Waals surface area contributed by atoms with Crippen molar-refractivity contribution in [3.05, 3.63) is 46.1 Å². The van der Waals surface area contributed by atoms with Crippen LogP contribution in [0.5, 0.6) is 11.6 Å². The lowest BCUT2D eigenvalue weighted by Gasteiger charge is -2.11. The Labute approximate surface area is 116 Å². The van der Waals surface area contributed by atoms with Gasteiger partial charge in [0.15, 0.2) is 11.6 Å². The van der Waals surface area contributed by atoms with Gasteiger partial charge in [0.05, 0.1) is 0 Å². The number of ether oxygens (including phenoxy) is 1. The molecule has 0 aliphatic rings. The maximum absolute atomic E-state index is 13.7. The molecule has 0 fully saturated rings. The maximum Gasteiger partial charge on any atom is 0.227 e. The summed E-state index contributed by atoms with van der Waals surface area (Å²) in [4.78, 5) is 8.35. The first-order valence-electron chi connectivity index (χ1n) is 5.98. The van der Waals surface area contributed by atoms with Crippen molar-refractivity contribution in [3.8, 4) is 11.6 Å². The van der Waals surface area contributed by atoms with E-state index in [1.807, 2.05) is 13.8 Å². The van der Waals surface area contributed by atoms with Crippen molar-refractivity contribution in [3.63, 3.8) is 0 Å². The predicted octanol–water partition coefficient (Wildman–Crippen LogP) is 4.24. The van der Waals surface area contributed by atoms with Gasteiger partial charge < -0.3 is 4.74 Å². The topological polar surface area (TPSA) is 35.0 Å². The van der Waals surface area contributed by atoms with Crippen LogP contribution >= 0.6 is 11.6 Å². The molecule has 0 spiro atoms. The molecule has 0 amide bonds. The summed E-state index contributed by atoms with van der Waals surface area (Å²) in [7, 11) is 0. The van der Waals surface area contributed by atoms with E-state index in [4.69, 9.17) is 16.3 Å². The highest BCUT2D eigenvalue weighted by atomic mass is 35.5. The van der Waals surface area contributed by atoms with Gasteiger partial charge in [0.25, 0.3) is 0 Å². The zero-order chi connectivity index (χ0) is 14.0. The highest BCUT2D eigenvalue weighted by molar-refractivity contribution is 6.30. The summed E-state index contributed by atoms with van der Waals surface area (Å²) in [6, 6.07) is 4.67. The van der Waals surface area contributed by atoms with E-state index in [2.05, 4.69) is 9.97 Å². The lowest BCUT2D eigenvalue weighted by Crippen LogP contribution is -2.01. The zero-order valence-electron chi connectivity index (χ0n) is 11.0. The first kappa shape index (κ1) is 13.7. The molecular formula is C14H14ClFN2O. The Bertz CT molecular complexity index is 617. The van der Waals surface area contributed by atoms with Gasteiger partial charge in [-0.3, -0.25) is 0 Å². The molecule has 0 radical (unpaired) electrons. The van der Waals surface area contributed by atoms with Crippen LogP contribution < -0.4 is 4.74 Å². The molecular weight excluding hydrogens is 267 g/mol. The lowest BCUT2D eigenvalue weighted by molar-refractivity contribution is 0.421. The lowest BCUT2D eigenvalue weighted by atomic mass is 10.2. The van der Waals surface area contributed by atoms with Crippen LogP contribution in [-0.4, -0.2) is 9.97 Å². The second-order valence-corrected chi connectivity index (χ2v) is 4.61. The number of aryl methyl sites for hydroxylation is 2. The first-order chi connectivity index (χ1) is 9.01. The molecule has 0 saturated heterocycles. The van der Waals surface area contributed by atoms with Crippen LogP contribution in [-0.2, 0) is 6.42 Å². The fraction of sp³-hybridized carbons (Fsp3) is 0.286. The molecule has 5 heteroatoms. The Balaban J connectivity index is 2.42. The van der Waals surface area contributed by atoms with E-state index in [0.29, 0.717) is 28.8 Å². The van der Waals surface area contributed by atoms with Gasteiger partial charge in [0.2, 0.25) is 5.88 Å². The van der Waals surface area contributed by atoms with E-state index < -0.39 is 5.82 Å². The van der Waals surface area contributed by atoms with Gasteiger partial charge >= 0.3 is 0 Å². The number of nitrogens with zero attached hydrogens (tertiary/aromatic N) is 2. The summed E-state index contributed by atoms with van der Waals surface area (Å²) in [5, 5.41) is 0.329. The highest BCUT2D eigenvalue weighted by Gasteiger charge is 2.13. The quantitative estimate of drug-likeness (QED) is 0.789. The van der Waals surface area contributed by atoms with Gasteiger partial charge in [-0.25, -0.2) is 9.37 Å². The van der Waals surface area contributed by atoms with Crippen molar-refractivity contribution in [2.24, 2.45) is 0 Å². The van der Waals surface area contributed by atoms with Gasteiger partial charge in [-0.1, -0.05) is 24.6 Å². The van der Waals surface area contributed by atoms with Crippen LogP contribution in [0.2, 0.25) is 5.15 Å². The molecule has 0 aliphatic heterocycles. The van der Waals surface area contributed by atoms with E-state index in [0.717, 1.165) is 5.56 Å². The summed E-state index contributed by atoms with van der Waals surface area (Å²) >= 11 is 6.01. The normalized spacial score (nSPS) is 10.6. The SMILES string of the molecule is CCc1nc(Cl)c(C)c(Oc2cc(C)ccc2F)n1. The second kappa shape index (κ2) is 5.53. The molecule has 2 rings (SSSR count). The summed E-state index contributed by atoms with van der Waals surface area (Å²) < 4.78 is 19.2. The van der Waals surface area contributed by atoms with Crippen LogP contribution in [0.1, 0.15) is 23.9 Å². The minimum Gasteiger partial charge on any atom is -0.435 e. The fourth-order valence-electron chi connectivity index (χ4n) is 1.56. The Morgan fingerprint density at radius 2 is 2.00 bits per heavy atom. The smallest absolute Gasteiger partial charge is 0.227 e. The third-order valence-corrected chi connectivity index (χ3v) is 3.07. The monoisotopic (exact) mass is 280 g/mol. The molecule has 0 aliphatic carbocycles. The van der Waals surface area contributed by atoms with Crippen LogP contribution in [0.3, 0.4) is 0 Å². The highest BCUT2D eigenvalue weighted by Crippen LogP contribution is 2.29. The molecule has 1 aromatic heterocycles. The van der Waals surface area contributed by atoms with Crippen LogP contribution in [0.4, 0.5) is 4.39 Å². The third kappa shape index (κ3) is 3.01. The zero-order valence-corrected chi connectivity index (χ0v) is 11.8.